The second kappa shape index (κ2) is 4.10. The van der Waals surface area contributed by atoms with E-state index in [1.807, 2.05) is 6.20 Å². The first-order chi connectivity index (χ1) is 8.66. The summed E-state index contributed by atoms with van der Waals surface area (Å²) < 4.78 is 1.53. The molecule has 18 heavy (non-hydrogen) atoms. The van der Waals surface area contributed by atoms with Crippen LogP contribution in [0.25, 0.3) is 5.69 Å². The monoisotopic (exact) mass is 263 g/mol. The molecule has 3 rings (SSSR count). The third-order valence-corrected chi connectivity index (χ3v) is 3.43. The Balaban J connectivity index is 2.18. The number of aryl methyl sites for hydroxylation is 2. The summed E-state index contributed by atoms with van der Waals surface area (Å²) in [6.07, 6.45) is 4.85. The fourth-order valence-corrected chi connectivity index (χ4v) is 2.56. The number of benzene rings is 1. The van der Waals surface area contributed by atoms with Crippen LogP contribution in [0.5, 0.6) is 0 Å². The van der Waals surface area contributed by atoms with Gasteiger partial charge in [-0.25, -0.2) is 4.68 Å². The van der Waals surface area contributed by atoms with Gasteiger partial charge in [0.25, 0.3) is 5.69 Å². The molecule has 1 heterocycles. The van der Waals surface area contributed by atoms with Crippen LogP contribution < -0.4 is 0 Å². The zero-order valence-electron chi connectivity index (χ0n) is 9.47. The maximum absolute atomic E-state index is 11.0. The average molecular weight is 264 g/mol. The number of nitro groups is 1. The van der Waals surface area contributed by atoms with Crippen LogP contribution in [0.3, 0.4) is 0 Å². The van der Waals surface area contributed by atoms with E-state index in [1.54, 1.807) is 12.1 Å². The number of hydrogen-bond donors (Lipinski definition) is 0. The van der Waals surface area contributed by atoms with Crippen LogP contribution in [0.15, 0.2) is 24.4 Å². The highest BCUT2D eigenvalue weighted by Gasteiger charge is 2.22. The fourth-order valence-electron chi connectivity index (χ4n) is 2.30. The van der Waals surface area contributed by atoms with Gasteiger partial charge in [-0.2, -0.15) is 5.10 Å². The Bertz CT molecular complexity index is 615. The van der Waals surface area contributed by atoms with E-state index in [2.05, 4.69) is 5.10 Å². The van der Waals surface area contributed by atoms with E-state index in [0.29, 0.717) is 10.7 Å². The number of halogens is 1. The van der Waals surface area contributed by atoms with Crippen molar-refractivity contribution in [3.63, 3.8) is 0 Å². The van der Waals surface area contributed by atoms with Crippen LogP contribution >= 0.6 is 11.6 Å². The van der Waals surface area contributed by atoms with Gasteiger partial charge in [0, 0.05) is 12.3 Å². The molecule has 1 aliphatic carbocycles. The molecule has 0 N–H and O–H groups in total. The molecule has 1 aromatic carbocycles. The van der Waals surface area contributed by atoms with Crippen molar-refractivity contribution in [2.45, 2.75) is 19.3 Å². The molecule has 2 aromatic rings. The smallest absolute Gasteiger partial charge is 0.258 e. The molecule has 5 nitrogen and oxygen atoms in total. The van der Waals surface area contributed by atoms with Gasteiger partial charge in [-0.15, -0.1) is 0 Å². The highest BCUT2D eigenvalue weighted by molar-refractivity contribution is 6.32. The van der Waals surface area contributed by atoms with E-state index in [9.17, 15) is 10.1 Å². The summed E-state index contributed by atoms with van der Waals surface area (Å²) in [7, 11) is 0. The predicted octanol–water partition coefficient (Wildman–Crippen LogP) is 2.92. The van der Waals surface area contributed by atoms with Gasteiger partial charge in [0.05, 0.1) is 15.6 Å². The molecular weight excluding hydrogens is 254 g/mol. The van der Waals surface area contributed by atoms with Crippen molar-refractivity contribution in [3.05, 3.63) is 50.8 Å². The zero-order chi connectivity index (χ0) is 12.7. The van der Waals surface area contributed by atoms with Gasteiger partial charge in [-0.05, 0) is 30.9 Å². The minimum absolute atomic E-state index is 0.0244. The van der Waals surface area contributed by atoms with E-state index >= 15 is 0 Å². The standard InChI is InChI=1S/C12H10ClN3O2/c13-9-4-2-6-11(16(17)18)12(9)15-7-8-3-1-5-10(8)14-15/h2,4,6-7H,1,3,5H2. The van der Waals surface area contributed by atoms with E-state index < -0.39 is 4.92 Å². The normalized spacial score (nSPS) is 13.6. The summed E-state index contributed by atoms with van der Waals surface area (Å²) in [4.78, 5) is 10.6. The second-order valence-electron chi connectivity index (χ2n) is 4.26. The Morgan fingerprint density at radius 3 is 2.94 bits per heavy atom. The van der Waals surface area contributed by atoms with Gasteiger partial charge in [0.15, 0.2) is 5.69 Å². The third kappa shape index (κ3) is 1.67. The number of para-hydroxylation sites is 1. The van der Waals surface area contributed by atoms with Gasteiger partial charge in [-0.1, -0.05) is 17.7 Å². The van der Waals surface area contributed by atoms with Crippen molar-refractivity contribution in [2.75, 3.05) is 0 Å². The summed E-state index contributed by atoms with van der Waals surface area (Å²) in [5.41, 5.74) is 2.50. The Hall–Kier alpha value is -1.88. The lowest BCUT2D eigenvalue weighted by Crippen LogP contribution is -2.02. The van der Waals surface area contributed by atoms with Crippen LogP contribution in [0, 0.1) is 10.1 Å². The Morgan fingerprint density at radius 2 is 2.22 bits per heavy atom. The SMILES string of the molecule is O=[N+]([O-])c1cccc(Cl)c1-n1cc2c(n1)CCC2. The van der Waals surface area contributed by atoms with Gasteiger partial charge < -0.3 is 0 Å². The molecule has 0 saturated heterocycles. The van der Waals surface area contributed by atoms with Crippen LogP contribution in [-0.4, -0.2) is 14.7 Å². The molecule has 0 spiro atoms. The molecule has 0 fully saturated rings. The van der Waals surface area contributed by atoms with Gasteiger partial charge >= 0.3 is 0 Å². The molecule has 0 radical (unpaired) electrons. The molecule has 0 bridgehead atoms. The quantitative estimate of drug-likeness (QED) is 0.618. The zero-order valence-corrected chi connectivity index (χ0v) is 10.2. The number of aromatic nitrogens is 2. The van der Waals surface area contributed by atoms with E-state index in [4.69, 9.17) is 11.6 Å². The molecular formula is C12H10ClN3O2. The summed E-state index contributed by atoms with van der Waals surface area (Å²) in [5.74, 6) is 0. The molecule has 0 amide bonds. The largest absolute Gasteiger partial charge is 0.296 e. The lowest BCUT2D eigenvalue weighted by atomic mass is 10.2. The highest BCUT2D eigenvalue weighted by atomic mass is 35.5. The minimum atomic E-state index is -0.437. The van der Waals surface area contributed by atoms with Crippen LogP contribution in [-0.2, 0) is 12.8 Å². The maximum Gasteiger partial charge on any atom is 0.296 e. The molecule has 0 unspecified atom stereocenters. The summed E-state index contributed by atoms with van der Waals surface area (Å²) in [6.45, 7) is 0. The summed E-state index contributed by atoms with van der Waals surface area (Å²) in [5, 5.41) is 15.8. The van der Waals surface area contributed by atoms with Crippen molar-refractivity contribution in [1.82, 2.24) is 9.78 Å². The van der Waals surface area contributed by atoms with E-state index in [-0.39, 0.29) is 5.69 Å². The first-order valence-electron chi connectivity index (χ1n) is 5.67. The van der Waals surface area contributed by atoms with Crippen LogP contribution in [0.1, 0.15) is 17.7 Å². The maximum atomic E-state index is 11.0. The average Bonchev–Trinajstić information content (AvgIpc) is 2.88. The fraction of sp³-hybridized carbons (Fsp3) is 0.250. The Morgan fingerprint density at radius 1 is 1.39 bits per heavy atom. The van der Waals surface area contributed by atoms with Crippen LogP contribution in [0.2, 0.25) is 5.02 Å². The van der Waals surface area contributed by atoms with Crippen molar-refractivity contribution in [2.24, 2.45) is 0 Å². The summed E-state index contributed by atoms with van der Waals surface area (Å²) >= 11 is 6.07. The second-order valence-corrected chi connectivity index (χ2v) is 4.67. The molecule has 1 aromatic heterocycles. The van der Waals surface area contributed by atoms with Crippen molar-refractivity contribution >= 4 is 17.3 Å². The number of nitro benzene ring substituents is 1. The lowest BCUT2D eigenvalue weighted by Gasteiger charge is -2.05. The third-order valence-electron chi connectivity index (χ3n) is 3.13. The number of nitrogens with zero attached hydrogens (tertiary/aromatic N) is 3. The molecule has 92 valence electrons. The van der Waals surface area contributed by atoms with Gasteiger partial charge in [0.2, 0.25) is 0 Å². The number of rotatable bonds is 2. The van der Waals surface area contributed by atoms with E-state index in [0.717, 1.165) is 30.5 Å². The van der Waals surface area contributed by atoms with Crippen molar-refractivity contribution in [1.29, 1.82) is 0 Å². The van der Waals surface area contributed by atoms with Crippen molar-refractivity contribution < 1.29 is 4.92 Å². The van der Waals surface area contributed by atoms with E-state index in [1.165, 1.54) is 10.7 Å². The molecule has 1 aliphatic rings. The summed E-state index contributed by atoms with van der Waals surface area (Å²) in [6, 6.07) is 4.64. The Kier molecular flexibility index (Phi) is 2.56. The number of hydrogen-bond acceptors (Lipinski definition) is 3. The predicted molar refractivity (Wildman–Crippen MR) is 67.3 cm³/mol. The molecule has 0 saturated carbocycles. The molecule has 6 heteroatoms. The van der Waals surface area contributed by atoms with Gasteiger partial charge in [0.1, 0.15) is 0 Å². The molecule has 0 atom stereocenters. The minimum Gasteiger partial charge on any atom is -0.258 e. The Labute approximate surface area is 108 Å². The first kappa shape index (κ1) is 11.2. The topological polar surface area (TPSA) is 61.0 Å². The highest BCUT2D eigenvalue weighted by Crippen LogP contribution is 2.31. The van der Waals surface area contributed by atoms with Crippen LogP contribution in [0.4, 0.5) is 5.69 Å². The molecule has 0 aliphatic heterocycles. The van der Waals surface area contributed by atoms with Gasteiger partial charge in [-0.3, -0.25) is 10.1 Å². The number of fused-ring (bicyclic) bond motifs is 1. The lowest BCUT2D eigenvalue weighted by molar-refractivity contribution is -0.384. The first-order valence-corrected chi connectivity index (χ1v) is 6.05. The van der Waals surface area contributed by atoms with Crippen molar-refractivity contribution in [3.8, 4) is 5.69 Å².